The van der Waals surface area contributed by atoms with Gasteiger partial charge in [-0.15, -0.1) is 0 Å². The summed E-state index contributed by atoms with van der Waals surface area (Å²) in [5.41, 5.74) is -0.641. The fourth-order valence-corrected chi connectivity index (χ4v) is 3.18. The van der Waals surface area contributed by atoms with Crippen LogP contribution in [0, 0.1) is 11.8 Å². The van der Waals surface area contributed by atoms with Gasteiger partial charge in [-0.05, 0) is 66.2 Å². The van der Waals surface area contributed by atoms with E-state index in [9.17, 15) is 9.59 Å². The predicted molar refractivity (Wildman–Crippen MR) is 91.5 cm³/mol. The Hall–Kier alpha value is -1.14. The van der Waals surface area contributed by atoms with E-state index in [1.807, 2.05) is 41.5 Å². The lowest BCUT2D eigenvalue weighted by Gasteiger charge is -2.23. The summed E-state index contributed by atoms with van der Waals surface area (Å²) >= 11 is 0. The van der Waals surface area contributed by atoms with E-state index in [1.165, 1.54) is 0 Å². The molecule has 0 heterocycles. The number of hydrogen-bond donors (Lipinski definition) is 2. The van der Waals surface area contributed by atoms with Crippen LogP contribution in [0.4, 0.5) is 0 Å². The van der Waals surface area contributed by atoms with Crippen LogP contribution in [0.1, 0.15) is 54.4 Å². The standard InChI is InChI=1S/C18H32N2O4/c1-17(2,3)23-9-15(21)19-13-8-14(12-7-11(12)13)20-16(22)10-24-18(4,5)6/h11-14H,7-10H2,1-6H3,(H,19,21)(H,20,22)/t11?,12?,13-,14+. The van der Waals surface area contributed by atoms with Gasteiger partial charge in [0, 0.05) is 12.1 Å². The lowest BCUT2D eigenvalue weighted by Crippen LogP contribution is -2.43. The molecule has 2 amide bonds. The Kier molecular flexibility index (Phi) is 5.60. The van der Waals surface area contributed by atoms with Crippen LogP contribution in [0.2, 0.25) is 0 Å². The molecule has 0 bridgehead atoms. The Labute approximate surface area is 145 Å². The molecule has 0 aromatic carbocycles. The molecule has 2 aliphatic carbocycles. The third kappa shape index (κ3) is 6.06. The van der Waals surface area contributed by atoms with Crippen molar-refractivity contribution in [3.8, 4) is 0 Å². The number of hydrogen-bond acceptors (Lipinski definition) is 4. The monoisotopic (exact) mass is 340 g/mol. The number of ether oxygens (including phenoxy) is 2. The summed E-state index contributed by atoms with van der Waals surface area (Å²) < 4.78 is 11.0. The van der Waals surface area contributed by atoms with Gasteiger partial charge in [-0.3, -0.25) is 9.59 Å². The summed E-state index contributed by atoms with van der Waals surface area (Å²) in [5.74, 6) is 0.807. The molecule has 6 heteroatoms. The van der Waals surface area contributed by atoms with Gasteiger partial charge in [-0.1, -0.05) is 0 Å². The highest BCUT2D eigenvalue weighted by Gasteiger charge is 2.55. The van der Waals surface area contributed by atoms with Gasteiger partial charge in [0.25, 0.3) is 0 Å². The number of carbonyl (C=O) groups excluding carboxylic acids is 2. The largest absolute Gasteiger partial charge is 0.366 e. The van der Waals surface area contributed by atoms with E-state index >= 15 is 0 Å². The Balaban J connectivity index is 1.72. The van der Waals surface area contributed by atoms with Crippen LogP contribution in [0.3, 0.4) is 0 Å². The normalized spacial score (nSPS) is 29.1. The molecular weight excluding hydrogens is 308 g/mol. The average molecular weight is 340 g/mol. The lowest BCUT2D eigenvalue weighted by atomic mass is 10.1. The Morgan fingerprint density at radius 3 is 1.50 bits per heavy atom. The highest BCUT2D eigenvalue weighted by Crippen LogP contribution is 2.51. The van der Waals surface area contributed by atoms with E-state index in [0.29, 0.717) is 11.8 Å². The minimum atomic E-state index is -0.321. The van der Waals surface area contributed by atoms with Gasteiger partial charge in [0.05, 0.1) is 11.2 Å². The van der Waals surface area contributed by atoms with Gasteiger partial charge < -0.3 is 20.1 Å². The first-order valence-electron chi connectivity index (χ1n) is 8.81. The molecule has 0 radical (unpaired) electrons. The van der Waals surface area contributed by atoms with Crippen LogP contribution < -0.4 is 10.6 Å². The molecule has 0 aliphatic heterocycles. The van der Waals surface area contributed by atoms with E-state index in [4.69, 9.17) is 9.47 Å². The molecule has 6 nitrogen and oxygen atoms in total. The van der Waals surface area contributed by atoms with E-state index in [1.54, 1.807) is 0 Å². The smallest absolute Gasteiger partial charge is 0.246 e. The molecule has 138 valence electrons. The van der Waals surface area contributed by atoms with Crippen LogP contribution in [0.5, 0.6) is 0 Å². The van der Waals surface area contributed by atoms with Gasteiger partial charge >= 0.3 is 0 Å². The van der Waals surface area contributed by atoms with Gasteiger partial charge in [0.15, 0.2) is 0 Å². The van der Waals surface area contributed by atoms with Crippen molar-refractivity contribution in [2.75, 3.05) is 13.2 Å². The summed E-state index contributed by atoms with van der Waals surface area (Å²) in [4.78, 5) is 24.0. The molecule has 2 unspecified atom stereocenters. The van der Waals surface area contributed by atoms with Crippen LogP contribution in [0.15, 0.2) is 0 Å². The van der Waals surface area contributed by atoms with Crippen LogP contribution in [0.25, 0.3) is 0 Å². The fraction of sp³-hybridized carbons (Fsp3) is 0.889. The van der Waals surface area contributed by atoms with Gasteiger partial charge in [0.1, 0.15) is 13.2 Å². The second kappa shape index (κ2) is 7.00. The van der Waals surface area contributed by atoms with Crippen molar-refractivity contribution < 1.29 is 19.1 Å². The van der Waals surface area contributed by atoms with Gasteiger partial charge in [0.2, 0.25) is 11.8 Å². The maximum absolute atomic E-state index is 12.0. The summed E-state index contributed by atoms with van der Waals surface area (Å²) in [6, 6.07) is 0.278. The lowest BCUT2D eigenvalue weighted by molar-refractivity contribution is -0.131. The van der Waals surface area contributed by atoms with Crippen molar-refractivity contribution >= 4 is 11.8 Å². The van der Waals surface area contributed by atoms with E-state index in [0.717, 1.165) is 12.8 Å². The van der Waals surface area contributed by atoms with Gasteiger partial charge in [-0.25, -0.2) is 0 Å². The number of carbonyl (C=O) groups is 2. The molecule has 24 heavy (non-hydrogen) atoms. The number of nitrogens with one attached hydrogen (secondary N) is 2. The first-order valence-corrected chi connectivity index (χ1v) is 8.81. The minimum Gasteiger partial charge on any atom is -0.366 e. The van der Waals surface area contributed by atoms with E-state index in [2.05, 4.69) is 10.6 Å². The minimum absolute atomic E-state index is 0.0772. The molecule has 2 N–H and O–H groups in total. The molecular formula is C18H32N2O4. The van der Waals surface area contributed by atoms with Crippen LogP contribution in [-0.2, 0) is 19.1 Å². The Morgan fingerprint density at radius 2 is 1.17 bits per heavy atom. The van der Waals surface area contributed by atoms with Crippen molar-refractivity contribution in [3.05, 3.63) is 0 Å². The first kappa shape index (κ1) is 19.2. The molecule has 2 aliphatic rings. The molecule has 2 rings (SSSR count). The molecule has 2 saturated carbocycles. The predicted octanol–water partition coefficient (Wildman–Crippen LogP) is 1.63. The van der Waals surface area contributed by atoms with Crippen LogP contribution >= 0.6 is 0 Å². The number of amides is 2. The zero-order valence-corrected chi connectivity index (χ0v) is 15.8. The third-order valence-corrected chi connectivity index (χ3v) is 4.40. The number of rotatable bonds is 6. The van der Waals surface area contributed by atoms with Crippen molar-refractivity contribution in [2.24, 2.45) is 11.8 Å². The maximum atomic E-state index is 12.0. The summed E-state index contributed by atoms with van der Waals surface area (Å²) in [5, 5.41) is 6.11. The van der Waals surface area contributed by atoms with Crippen molar-refractivity contribution in [2.45, 2.75) is 77.7 Å². The summed E-state index contributed by atoms with van der Waals surface area (Å²) in [6.07, 6.45) is 1.86. The Bertz CT molecular complexity index is 436. The highest BCUT2D eigenvalue weighted by molar-refractivity contribution is 5.78. The quantitative estimate of drug-likeness (QED) is 0.770. The second-order valence-electron chi connectivity index (χ2n) is 8.95. The zero-order valence-electron chi connectivity index (χ0n) is 15.8. The highest BCUT2D eigenvalue weighted by atomic mass is 16.5. The van der Waals surface area contributed by atoms with E-state index < -0.39 is 0 Å². The molecule has 0 spiro atoms. The van der Waals surface area contributed by atoms with Crippen molar-refractivity contribution in [3.63, 3.8) is 0 Å². The maximum Gasteiger partial charge on any atom is 0.246 e. The topological polar surface area (TPSA) is 76.7 Å². The SMILES string of the molecule is CC(C)(C)OCC(=O)N[C@H]1C[C@@H](NC(=O)COC(C)(C)C)C2CC21. The van der Waals surface area contributed by atoms with Crippen molar-refractivity contribution in [1.82, 2.24) is 10.6 Å². The zero-order chi connectivity index (χ0) is 18.1. The second-order valence-corrected chi connectivity index (χ2v) is 8.95. The number of fused-ring (bicyclic) bond motifs is 1. The summed E-state index contributed by atoms with van der Waals surface area (Å²) in [7, 11) is 0. The van der Waals surface area contributed by atoms with Crippen LogP contribution in [-0.4, -0.2) is 48.3 Å². The molecule has 0 aromatic rings. The molecule has 2 fully saturated rings. The van der Waals surface area contributed by atoms with Gasteiger partial charge in [-0.2, -0.15) is 0 Å². The fourth-order valence-electron chi connectivity index (χ4n) is 3.18. The molecule has 0 aromatic heterocycles. The first-order chi connectivity index (χ1) is 10.9. The molecule has 0 saturated heterocycles. The average Bonchev–Trinajstić information content (AvgIpc) is 3.14. The third-order valence-electron chi connectivity index (χ3n) is 4.40. The summed E-state index contributed by atoms with van der Waals surface area (Å²) in [6.45, 7) is 11.7. The Morgan fingerprint density at radius 1 is 0.792 bits per heavy atom. The van der Waals surface area contributed by atoms with Crippen molar-refractivity contribution in [1.29, 1.82) is 0 Å². The molecule has 4 atom stereocenters. The van der Waals surface area contributed by atoms with E-state index in [-0.39, 0.29) is 48.3 Å².